The molecule has 0 aliphatic carbocycles. The van der Waals surface area contributed by atoms with E-state index in [1.807, 2.05) is 0 Å². The Balaban J connectivity index is 4.89. The van der Waals surface area contributed by atoms with Crippen LogP contribution < -0.4 is 0 Å². The molecule has 0 bridgehead atoms. The van der Waals surface area contributed by atoms with Gasteiger partial charge in [0.2, 0.25) is 0 Å². The molecule has 0 nitrogen and oxygen atoms in total. The Hall–Kier alpha value is 0. The van der Waals surface area contributed by atoms with Crippen LogP contribution in [0.3, 0.4) is 0 Å². The zero-order valence-electron chi connectivity index (χ0n) is 15.2. The zero-order chi connectivity index (χ0) is 15.2. The molecule has 0 aliphatic rings. The summed E-state index contributed by atoms with van der Waals surface area (Å²) < 4.78 is 0. The summed E-state index contributed by atoms with van der Waals surface area (Å²) in [4.78, 5) is 0. The fraction of sp³-hybridized carbons (Fsp3) is 1.00. The highest BCUT2D eigenvalue weighted by Crippen LogP contribution is 2.39. The summed E-state index contributed by atoms with van der Waals surface area (Å²) in [7, 11) is 0. The fourth-order valence-electron chi connectivity index (χ4n) is 3.79. The maximum Gasteiger partial charge on any atom is -0.0334 e. The molecule has 0 radical (unpaired) electrons. The summed E-state index contributed by atoms with van der Waals surface area (Å²) in [6.07, 6.45) is 4.05. The van der Waals surface area contributed by atoms with Crippen molar-refractivity contribution < 1.29 is 0 Å². The molecule has 0 fully saturated rings. The van der Waals surface area contributed by atoms with E-state index in [1.165, 1.54) is 19.3 Å². The first-order valence-electron chi connectivity index (χ1n) is 8.76. The van der Waals surface area contributed by atoms with Gasteiger partial charge in [-0.2, -0.15) is 0 Å². The lowest BCUT2D eigenvalue weighted by molar-refractivity contribution is 0.0963. The van der Waals surface area contributed by atoms with Crippen LogP contribution >= 0.6 is 0 Å². The van der Waals surface area contributed by atoms with Crippen molar-refractivity contribution in [1.29, 1.82) is 0 Å². The summed E-state index contributed by atoms with van der Waals surface area (Å²) in [6, 6.07) is 0. The van der Waals surface area contributed by atoms with Gasteiger partial charge in [-0.05, 0) is 47.8 Å². The lowest BCUT2D eigenvalue weighted by Crippen LogP contribution is -2.32. The SMILES string of the molecule is CCC(C)CC(C)C(C(C)CC)C(C)C(C)C(C)C. The van der Waals surface area contributed by atoms with Gasteiger partial charge in [-0.25, -0.2) is 0 Å². The first-order valence-corrected chi connectivity index (χ1v) is 8.76. The number of hydrogen-bond acceptors (Lipinski definition) is 0. The molecule has 0 amide bonds. The minimum absolute atomic E-state index is 0.803. The van der Waals surface area contributed by atoms with Crippen molar-refractivity contribution in [3.63, 3.8) is 0 Å². The molecular formula is C19H40. The Morgan fingerprint density at radius 1 is 0.632 bits per heavy atom. The minimum atomic E-state index is 0.803. The molecule has 0 aromatic heterocycles. The van der Waals surface area contributed by atoms with E-state index in [1.54, 1.807) is 0 Å². The summed E-state index contributed by atoms with van der Waals surface area (Å²) in [5.74, 6) is 5.96. The second-order valence-electron chi connectivity index (χ2n) is 7.65. The monoisotopic (exact) mass is 268 g/mol. The Morgan fingerprint density at radius 2 is 1.16 bits per heavy atom. The molecule has 0 N–H and O–H groups in total. The molecule has 6 unspecified atom stereocenters. The van der Waals surface area contributed by atoms with E-state index in [2.05, 4.69) is 62.3 Å². The van der Waals surface area contributed by atoms with Crippen LogP contribution in [-0.2, 0) is 0 Å². The van der Waals surface area contributed by atoms with Gasteiger partial charge in [0.25, 0.3) is 0 Å². The highest BCUT2D eigenvalue weighted by Gasteiger charge is 2.32. The van der Waals surface area contributed by atoms with E-state index in [4.69, 9.17) is 0 Å². The molecular weight excluding hydrogens is 228 g/mol. The predicted molar refractivity (Wildman–Crippen MR) is 89.3 cm³/mol. The van der Waals surface area contributed by atoms with E-state index in [-0.39, 0.29) is 0 Å². The molecule has 0 aliphatic heterocycles. The average molecular weight is 269 g/mol. The second kappa shape index (κ2) is 9.03. The van der Waals surface area contributed by atoms with Gasteiger partial charge in [0.05, 0.1) is 0 Å². The molecule has 0 saturated carbocycles. The van der Waals surface area contributed by atoms with Gasteiger partial charge >= 0.3 is 0 Å². The van der Waals surface area contributed by atoms with Gasteiger partial charge in [-0.15, -0.1) is 0 Å². The van der Waals surface area contributed by atoms with Crippen molar-refractivity contribution in [2.45, 2.75) is 81.6 Å². The molecule has 19 heavy (non-hydrogen) atoms. The number of hydrogen-bond donors (Lipinski definition) is 0. The molecule has 0 aromatic carbocycles. The molecule has 0 aromatic rings. The topological polar surface area (TPSA) is 0 Å². The molecule has 0 spiro atoms. The third kappa shape index (κ3) is 5.88. The van der Waals surface area contributed by atoms with Gasteiger partial charge < -0.3 is 0 Å². The van der Waals surface area contributed by atoms with E-state index in [0.717, 1.165) is 41.4 Å². The molecule has 6 atom stereocenters. The third-order valence-corrected chi connectivity index (χ3v) is 5.92. The predicted octanol–water partition coefficient (Wildman–Crippen LogP) is 6.65. The summed E-state index contributed by atoms with van der Waals surface area (Å²) in [5.41, 5.74) is 0. The number of rotatable bonds is 9. The fourth-order valence-corrected chi connectivity index (χ4v) is 3.79. The first-order chi connectivity index (χ1) is 8.76. The van der Waals surface area contributed by atoms with Crippen LogP contribution in [0.2, 0.25) is 0 Å². The summed E-state index contributed by atoms with van der Waals surface area (Å²) in [5, 5.41) is 0. The van der Waals surface area contributed by atoms with Gasteiger partial charge in [-0.1, -0.05) is 75.2 Å². The van der Waals surface area contributed by atoms with Crippen LogP contribution in [0.5, 0.6) is 0 Å². The van der Waals surface area contributed by atoms with E-state index in [0.29, 0.717) is 0 Å². The van der Waals surface area contributed by atoms with Crippen LogP contribution in [0.25, 0.3) is 0 Å². The molecule has 0 rings (SSSR count). The van der Waals surface area contributed by atoms with Crippen molar-refractivity contribution in [1.82, 2.24) is 0 Å². The molecule has 0 saturated heterocycles. The average Bonchev–Trinajstić information content (AvgIpc) is 2.36. The van der Waals surface area contributed by atoms with Crippen LogP contribution in [0, 0.1) is 41.4 Å². The van der Waals surface area contributed by atoms with Crippen molar-refractivity contribution in [3.8, 4) is 0 Å². The van der Waals surface area contributed by atoms with Gasteiger partial charge in [0, 0.05) is 0 Å². The maximum atomic E-state index is 2.51. The smallest absolute Gasteiger partial charge is 0.0334 e. The maximum absolute atomic E-state index is 2.51. The van der Waals surface area contributed by atoms with Gasteiger partial charge in [-0.3, -0.25) is 0 Å². The van der Waals surface area contributed by atoms with Crippen molar-refractivity contribution >= 4 is 0 Å². The Kier molecular flexibility index (Phi) is 9.03. The van der Waals surface area contributed by atoms with E-state index < -0.39 is 0 Å². The minimum Gasteiger partial charge on any atom is -0.0651 e. The highest BCUT2D eigenvalue weighted by atomic mass is 14.4. The summed E-state index contributed by atoms with van der Waals surface area (Å²) in [6.45, 7) is 21.8. The van der Waals surface area contributed by atoms with Gasteiger partial charge in [0.1, 0.15) is 0 Å². The van der Waals surface area contributed by atoms with Crippen LogP contribution in [-0.4, -0.2) is 0 Å². The van der Waals surface area contributed by atoms with Gasteiger partial charge in [0.15, 0.2) is 0 Å². The third-order valence-electron chi connectivity index (χ3n) is 5.92. The first kappa shape index (κ1) is 19.0. The van der Waals surface area contributed by atoms with E-state index in [9.17, 15) is 0 Å². The largest absolute Gasteiger partial charge is 0.0651 e. The zero-order valence-corrected chi connectivity index (χ0v) is 15.2. The molecule has 0 heteroatoms. The highest BCUT2D eigenvalue weighted by molar-refractivity contribution is 4.81. The van der Waals surface area contributed by atoms with E-state index >= 15 is 0 Å². The standard InChI is InChI=1S/C19H40/c1-10-14(5)12-16(7)19(15(6)11-2)18(9)17(8)13(3)4/h13-19H,10-12H2,1-9H3. The Bertz CT molecular complexity index is 218. The van der Waals surface area contributed by atoms with Crippen molar-refractivity contribution in [2.75, 3.05) is 0 Å². The van der Waals surface area contributed by atoms with Crippen molar-refractivity contribution in [2.24, 2.45) is 41.4 Å². The van der Waals surface area contributed by atoms with Crippen LogP contribution in [0.15, 0.2) is 0 Å². The second-order valence-corrected chi connectivity index (χ2v) is 7.65. The Labute approximate surface area is 123 Å². The molecule has 0 heterocycles. The quantitative estimate of drug-likeness (QED) is 0.439. The molecule has 116 valence electrons. The van der Waals surface area contributed by atoms with Crippen LogP contribution in [0.1, 0.15) is 81.6 Å². The summed E-state index contributed by atoms with van der Waals surface area (Å²) >= 11 is 0. The Morgan fingerprint density at radius 3 is 1.53 bits per heavy atom. The van der Waals surface area contributed by atoms with Crippen LogP contribution in [0.4, 0.5) is 0 Å². The lowest BCUT2D eigenvalue weighted by atomic mass is 9.66. The van der Waals surface area contributed by atoms with Crippen molar-refractivity contribution in [3.05, 3.63) is 0 Å². The normalized spacial score (nSPS) is 21.8. The lowest BCUT2D eigenvalue weighted by Gasteiger charge is -2.39.